The molecular formula is C14H22BrN3O2. The molecule has 0 aliphatic rings. The van der Waals surface area contributed by atoms with E-state index >= 15 is 0 Å². The summed E-state index contributed by atoms with van der Waals surface area (Å²) in [7, 11) is 1.68. The van der Waals surface area contributed by atoms with Crippen molar-refractivity contribution in [2.45, 2.75) is 13.8 Å². The molecule has 0 radical (unpaired) electrons. The number of hydrogen-bond acceptors (Lipinski definition) is 4. The number of ether oxygens (including phenoxy) is 1. The molecule has 0 aromatic heterocycles. The maximum atomic E-state index is 8.93. The van der Waals surface area contributed by atoms with Gasteiger partial charge in [-0.05, 0) is 24.1 Å². The van der Waals surface area contributed by atoms with Crippen molar-refractivity contribution < 1.29 is 9.94 Å². The molecule has 0 saturated heterocycles. The van der Waals surface area contributed by atoms with E-state index in [1.165, 1.54) is 0 Å². The lowest BCUT2D eigenvalue weighted by Gasteiger charge is -2.28. The van der Waals surface area contributed by atoms with Gasteiger partial charge < -0.3 is 20.6 Å². The Morgan fingerprint density at radius 3 is 2.75 bits per heavy atom. The maximum absolute atomic E-state index is 8.93. The topological polar surface area (TPSA) is 71.1 Å². The van der Waals surface area contributed by atoms with Gasteiger partial charge in [-0.15, -0.1) is 0 Å². The van der Waals surface area contributed by atoms with Crippen LogP contribution in [0.4, 0.5) is 5.69 Å². The molecule has 3 N–H and O–H groups in total. The van der Waals surface area contributed by atoms with E-state index in [1.54, 1.807) is 7.11 Å². The number of nitrogens with two attached hydrogens (primary N) is 1. The summed E-state index contributed by atoms with van der Waals surface area (Å²) in [4.78, 5) is 2.19. The number of oxime groups is 1. The van der Waals surface area contributed by atoms with Gasteiger partial charge in [0.2, 0.25) is 0 Å². The summed E-state index contributed by atoms with van der Waals surface area (Å²) in [6, 6.07) is 5.70. The van der Waals surface area contributed by atoms with Crippen molar-refractivity contribution >= 4 is 27.5 Å². The van der Waals surface area contributed by atoms with Crippen LogP contribution in [0.15, 0.2) is 27.8 Å². The molecule has 0 spiro atoms. The molecule has 5 nitrogen and oxygen atoms in total. The van der Waals surface area contributed by atoms with E-state index in [2.05, 4.69) is 39.8 Å². The van der Waals surface area contributed by atoms with Crippen LogP contribution in [0.5, 0.6) is 0 Å². The first-order valence-corrected chi connectivity index (χ1v) is 7.30. The second-order valence-electron chi connectivity index (χ2n) is 4.98. The zero-order chi connectivity index (χ0) is 15.1. The van der Waals surface area contributed by atoms with Crippen LogP contribution >= 0.6 is 15.9 Å². The molecule has 0 bridgehead atoms. The molecule has 0 saturated carbocycles. The minimum Gasteiger partial charge on any atom is -0.409 e. The monoisotopic (exact) mass is 343 g/mol. The average Bonchev–Trinajstić information content (AvgIpc) is 2.42. The highest BCUT2D eigenvalue weighted by Crippen LogP contribution is 2.26. The van der Waals surface area contributed by atoms with Crippen molar-refractivity contribution in [3.05, 3.63) is 28.2 Å². The van der Waals surface area contributed by atoms with Crippen molar-refractivity contribution in [3.63, 3.8) is 0 Å². The minimum absolute atomic E-state index is 0.110. The van der Waals surface area contributed by atoms with Gasteiger partial charge in [-0.1, -0.05) is 34.9 Å². The molecular weight excluding hydrogens is 322 g/mol. The Morgan fingerprint density at radius 2 is 2.20 bits per heavy atom. The average molecular weight is 344 g/mol. The number of benzene rings is 1. The molecule has 1 rings (SSSR count). The van der Waals surface area contributed by atoms with Crippen molar-refractivity contribution in [2.75, 3.05) is 31.7 Å². The lowest BCUT2D eigenvalue weighted by Crippen LogP contribution is -2.33. The number of methoxy groups -OCH3 is 1. The number of hydrogen-bond donors (Lipinski definition) is 2. The Labute approximate surface area is 128 Å². The zero-order valence-electron chi connectivity index (χ0n) is 12.1. The molecule has 0 aliphatic carbocycles. The summed E-state index contributed by atoms with van der Waals surface area (Å²) < 4.78 is 6.12. The zero-order valence-corrected chi connectivity index (χ0v) is 13.7. The largest absolute Gasteiger partial charge is 0.409 e. The van der Waals surface area contributed by atoms with Gasteiger partial charge in [0, 0.05) is 35.9 Å². The second kappa shape index (κ2) is 8.11. The van der Waals surface area contributed by atoms with E-state index in [0.29, 0.717) is 18.1 Å². The van der Waals surface area contributed by atoms with E-state index < -0.39 is 0 Å². The molecule has 0 amide bonds. The van der Waals surface area contributed by atoms with E-state index in [4.69, 9.17) is 15.7 Å². The fourth-order valence-corrected chi connectivity index (χ4v) is 2.34. The lowest BCUT2D eigenvalue weighted by molar-refractivity contribution is 0.204. The molecule has 6 heteroatoms. The molecule has 1 aromatic rings. The summed E-state index contributed by atoms with van der Waals surface area (Å²) in [5.41, 5.74) is 7.42. The number of halogens is 1. The van der Waals surface area contributed by atoms with Gasteiger partial charge in [0.05, 0.1) is 6.61 Å². The molecule has 0 atom stereocenters. The van der Waals surface area contributed by atoms with Crippen molar-refractivity contribution in [2.24, 2.45) is 16.8 Å². The van der Waals surface area contributed by atoms with Gasteiger partial charge in [-0.25, -0.2) is 0 Å². The maximum Gasteiger partial charge on any atom is 0.172 e. The van der Waals surface area contributed by atoms with Crippen LogP contribution in [0.2, 0.25) is 0 Å². The molecule has 112 valence electrons. The third-order valence-electron chi connectivity index (χ3n) is 2.84. The Bertz CT molecular complexity index is 464. The van der Waals surface area contributed by atoms with Gasteiger partial charge in [0.1, 0.15) is 0 Å². The number of nitrogens with zero attached hydrogens (tertiary/aromatic N) is 2. The lowest BCUT2D eigenvalue weighted by atomic mass is 10.1. The van der Waals surface area contributed by atoms with Crippen LogP contribution in [0, 0.1) is 5.92 Å². The van der Waals surface area contributed by atoms with Gasteiger partial charge in [-0.3, -0.25) is 0 Å². The van der Waals surface area contributed by atoms with Gasteiger partial charge in [-0.2, -0.15) is 0 Å². The third-order valence-corrected chi connectivity index (χ3v) is 3.33. The van der Waals surface area contributed by atoms with Crippen LogP contribution in [0.1, 0.15) is 19.4 Å². The quantitative estimate of drug-likeness (QED) is 0.345. The summed E-state index contributed by atoms with van der Waals surface area (Å²) in [6.07, 6.45) is 0. The Balaban J connectivity index is 3.18. The van der Waals surface area contributed by atoms with Crippen LogP contribution in [0.3, 0.4) is 0 Å². The highest BCUT2D eigenvalue weighted by molar-refractivity contribution is 9.10. The Morgan fingerprint density at radius 1 is 1.50 bits per heavy atom. The van der Waals surface area contributed by atoms with Crippen LogP contribution < -0.4 is 10.6 Å². The summed E-state index contributed by atoms with van der Waals surface area (Å²) in [5, 5.41) is 12.0. The number of amidine groups is 1. The standard InChI is InChI=1S/C14H22BrN3O2/c1-10(2)9-18(6-7-20-3)13-8-11(15)4-5-12(13)14(16)17-19/h4-5,8,10,19H,6-7,9H2,1-3H3,(H2,16,17). The fraction of sp³-hybridized carbons (Fsp3) is 0.500. The predicted octanol–water partition coefficient (Wildman–Crippen LogP) is 2.65. The smallest absolute Gasteiger partial charge is 0.172 e. The summed E-state index contributed by atoms with van der Waals surface area (Å²) in [6.45, 7) is 6.54. The number of rotatable bonds is 7. The molecule has 1 aromatic carbocycles. The van der Waals surface area contributed by atoms with E-state index in [0.717, 1.165) is 23.2 Å². The highest BCUT2D eigenvalue weighted by atomic mass is 79.9. The van der Waals surface area contributed by atoms with Gasteiger partial charge >= 0.3 is 0 Å². The van der Waals surface area contributed by atoms with E-state index in [-0.39, 0.29) is 5.84 Å². The van der Waals surface area contributed by atoms with Crippen molar-refractivity contribution in [1.29, 1.82) is 0 Å². The van der Waals surface area contributed by atoms with Crippen LogP contribution in [-0.4, -0.2) is 37.8 Å². The van der Waals surface area contributed by atoms with Crippen molar-refractivity contribution in [1.82, 2.24) is 0 Å². The Kier molecular flexibility index (Phi) is 6.81. The molecule has 20 heavy (non-hydrogen) atoms. The van der Waals surface area contributed by atoms with Gasteiger partial charge in [0.15, 0.2) is 5.84 Å². The molecule has 0 heterocycles. The second-order valence-corrected chi connectivity index (χ2v) is 5.90. The fourth-order valence-electron chi connectivity index (χ4n) is 1.99. The summed E-state index contributed by atoms with van der Waals surface area (Å²) in [5.74, 6) is 0.602. The van der Waals surface area contributed by atoms with E-state index in [9.17, 15) is 0 Å². The third kappa shape index (κ3) is 4.68. The van der Waals surface area contributed by atoms with Crippen LogP contribution in [0.25, 0.3) is 0 Å². The highest BCUT2D eigenvalue weighted by Gasteiger charge is 2.15. The first-order valence-electron chi connectivity index (χ1n) is 6.51. The summed E-state index contributed by atoms with van der Waals surface area (Å²) >= 11 is 3.47. The normalized spacial score (nSPS) is 11.9. The van der Waals surface area contributed by atoms with Crippen molar-refractivity contribution in [3.8, 4) is 0 Å². The molecule has 0 unspecified atom stereocenters. The molecule has 0 fully saturated rings. The predicted molar refractivity (Wildman–Crippen MR) is 85.6 cm³/mol. The van der Waals surface area contributed by atoms with Gasteiger partial charge in [0.25, 0.3) is 0 Å². The Hall–Kier alpha value is -1.27. The first kappa shape index (κ1) is 16.8. The SMILES string of the molecule is COCCN(CC(C)C)c1cc(Br)ccc1/C(N)=N/O. The number of anilines is 1. The van der Waals surface area contributed by atoms with E-state index in [1.807, 2.05) is 18.2 Å². The first-order chi connectivity index (χ1) is 9.49. The van der Waals surface area contributed by atoms with Crippen LogP contribution in [-0.2, 0) is 4.74 Å². The minimum atomic E-state index is 0.110. The molecule has 0 aliphatic heterocycles.